The first-order valence-electron chi connectivity index (χ1n) is 20.4. The van der Waals surface area contributed by atoms with Gasteiger partial charge in [-0.25, -0.2) is 0 Å². The van der Waals surface area contributed by atoms with E-state index >= 15 is 0 Å². The number of aliphatic hydroxyl groups excluding tert-OH is 2. The van der Waals surface area contributed by atoms with Gasteiger partial charge in [0.1, 0.15) is 17.9 Å². The Morgan fingerprint density at radius 1 is 1.05 bits per heavy atom. The zero-order chi connectivity index (χ0) is 40.3. The molecule has 4 N–H and O–H groups in total. The molecule has 3 aromatic rings. The number of Topliss-reactive ketones (excluding diaryl/α,β-unsaturated/α-hetero) is 1. The topological polar surface area (TPSA) is 124 Å². The van der Waals surface area contributed by atoms with Crippen LogP contribution in [0.2, 0.25) is 0 Å². The lowest BCUT2D eigenvalue weighted by Crippen LogP contribution is -2.62. The molecule has 2 bridgehead atoms. The van der Waals surface area contributed by atoms with Crippen LogP contribution in [0.15, 0.2) is 66.7 Å². The minimum absolute atomic E-state index is 0.0418. The first kappa shape index (κ1) is 42.0. The summed E-state index contributed by atoms with van der Waals surface area (Å²) in [5, 5.41) is 29.6. The largest absolute Gasteiger partial charge is 0.496 e. The lowest BCUT2D eigenvalue weighted by molar-refractivity contribution is -0.183. The summed E-state index contributed by atoms with van der Waals surface area (Å²) in [6.07, 6.45) is 1.72. The van der Waals surface area contributed by atoms with Crippen LogP contribution in [0.3, 0.4) is 0 Å². The third-order valence-electron chi connectivity index (χ3n) is 13.2. The van der Waals surface area contributed by atoms with Gasteiger partial charge in [-0.1, -0.05) is 69.3 Å². The summed E-state index contributed by atoms with van der Waals surface area (Å²) in [4.78, 5) is 36.9. The second-order valence-corrected chi connectivity index (χ2v) is 17.6. The summed E-state index contributed by atoms with van der Waals surface area (Å²) in [5.41, 5.74) is 5.58. The van der Waals surface area contributed by atoms with E-state index in [1.807, 2.05) is 69.7 Å². The van der Waals surface area contributed by atoms with E-state index in [9.17, 15) is 19.8 Å². The van der Waals surface area contributed by atoms with Crippen LogP contribution in [0.4, 0.5) is 0 Å². The summed E-state index contributed by atoms with van der Waals surface area (Å²) >= 11 is 0. The predicted molar refractivity (Wildman–Crippen MR) is 220 cm³/mol. The number of rotatable bonds is 17. The highest BCUT2D eigenvalue weighted by Gasteiger charge is 2.57. The van der Waals surface area contributed by atoms with Gasteiger partial charge in [-0.05, 0) is 111 Å². The van der Waals surface area contributed by atoms with Crippen LogP contribution >= 0.6 is 0 Å². The molecule has 10 nitrogen and oxygen atoms in total. The van der Waals surface area contributed by atoms with Crippen LogP contribution in [-0.4, -0.2) is 97.6 Å². The van der Waals surface area contributed by atoms with Gasteiger partial charge in [0.15, 0.2) is 5.78 Å². The van der Waals surface area contributed by atoms with Crippen molar-refractivity contribution in [3.63, 3.8) is 0 Å². The summed E-state index contributed by atoms with van der Waals surface area (Å²) in [6, 6.07) is 21.5. The third-order valence-corrected chi connectivity index (χ3v) is 13.2. The number of methoxy groups -OCH3 is 1. The van der Waals surface area contributed by atoms with Gasteiger partial charge < -0.3 is 30.5 Å². The molecule has 4 fully saturated rings. The van der Waals surface area contributed by atoms with Crippen LogP contribution in [-0.2, 0) is 29.1 Å². The molecule has 0 aromatic heterocycles. The number of hydroxylamine groups is 2. The van der Waals surface area contributed by atoms with Crippen molar-refractivity contribution >= 4 is 11.7 Å². The Balaban J connectivity index is 1.28. The van der Waals surface area contributed by atoms with E-state index in [1.54, 1.807) is 19.1 Å². The molecule has 304 valence electrons. The monoisotopic (exact) mass is 768 g/mol. The van der Waals surface area contributed by atoms with Gasteiger partial charge in [0.25, 0.3) is 0 Å². The number of nitrogens with one attached hydrogen (secondary N) is 2. The maximum Gasteiger partial charge on any atom is 0.240 e. The Hall–Kier alpha value is -3.64. The highest BCUT2D eigenvalue weighted by atomic mass is 16.7. The highest BCUT2D eigenvalue weighted by molar-refractivity contribution is 5.98. The van der Waals surface area contributed by atoms with E-state index in [4.69, 9.17) is 9.57 Å². The van der Waals surface area contributed by atoms with Gasteiger partial charge in [0.2, 0.25) is 5.91 Å². The van der Waals surface area contributed by atoms with E-state index < -0.39 is 24.2 Å². The van der Waals surface area contributed by atoms with Crippen LogP contribution in [0.1, 0.15) is 74.0 Å². The quantitative estimate of drug-likeness (QED) is 0.128. The van der Waals surface area contributed by atoms with Gasteiger partial charge in [0, 0.05) is 48.2 Å². The van der Waals surface area contributed by atoms with Gasteiger partial charge in [-0.15, -0.1) is 0 Å². The van der Waals surface area contributed by atoms with Gasteiger partial charge >= 0.3 is 0 Å². The molecule has 10 heteroatoms. The molecule has 3 aliphatic carbocycles. The predicted octanol–water partition coefficient (Wildman–Crippen LogP) is 5.74. The molecule has 1 amide bonds. The fourth-order valence-corrected chi connectivity index (χ4v) is 10.2. The van der Waals surface area contributed by atoms with Crippen molar-refractivity contribution < 1.29 is 29.4 Å². The molecule has 1 saturated heterocycles. The normalized spacial score (nSPS) is 26.7. The molecular weight excluding hydrogens is 705 g/mol. The van der Waals surface area contributed by atoms with Crippen molar-refractivity contribution in [1.29, 1.82) is 0 Å². The standard InChI is InChI=1S/C46H64N4O6/c1-28-38-22-36(46(38,3)4)23-39(28)48-45(54)43-42(29(2)52)41(27-51)56-50(43)26-33-15-12-16-37(44(33)55-8)34-18-31(24-47-5)19-35(21-34)40(53)20-32(25-49(6)7)17-30-13-10-9-11-14-30/h9-16,18-19,21,28-29,32,36,38-39,41-43,47,51-52H,17,20,22-27H2,1-8H3,(H,48,54)/t28-,29-,32+,36+,38-,39-,41-,42+,43-/m0/s1. The number of ketones is 1. The Morgan fingerprint density at radius 3 is 2.43 bits per heavy atom. The molecule has 0 spiro atoms. The number of carbonyl (C=O) groups excluding carboxylic acids is 2. The van der Waals surface area contributed by atoms with Crippen LogP contribution in [0.5, 0.6) is 5.75 Å². The Bertz CT molecular complexity index is 1810. The molecular formula is C46H64N4O6. The number of nitrogens with zero attached hydrogens (tertiary/aromatic N) is 2. The number of para-hydroxylation sites is 1. The summed E-state index contributed by atoms with van der Waals surface area (Å²) in [7, 11) is 7.61. The molecule has 56 heavy (non-hydrogen) atoms. The number of hydrogen-bond acceptors (Lipinski definition) is 9. The van der Waals surface area contributed by atoms with Crippen molar-refractivity contribution in [3.05, 3.63) is 89.0 Å². The van der Waals surface area contributed by atoms with Crippen molar-refractivity contribution in [3.8, 4) is 16.9 Å². The molecule has 3 saturated carbocycles. The van der Waals surface area contributed by atoms with Crippen molar-refractivity contribution in [2.75, 3.05) is 41.4 Å². The smallest absolute Gasteiger partial charge is 0.240 e. The number of hydrogen-bond donors (Lipinski definition) is 4. The van der Waals surface area contributed by atoms with E-state index in [2.05, 4.69) is 54.5 Å². The number of ether oxygens (including phenoxy) is 1. The molecule has 3 aromatic carbocycles. The van der Waals surface area contributed by atoms with Crippen molar-refractivity contribution in [1.82, 2.24) is 20.6 Å². The molecule has 1 aliphatic heterocycles. The zero-order valence-electron chi connectivity index (χ0n) is 34.6. The fourth-order valence-electron chi connectivity index (χ4n) is 10.2. The van der Waals surface area contributed by atoms with E-state index in [0.29, 0.717) is 42.0 Å². The second-order valence-electron chi connectivity index (χ2n) is 17.6. The van der Waals surface area contributed by atoms with Crippen molar-refractivity contribution in [2.45, 2.75) is 90.8 Å². The number of carbonyl (C=O) groups is 2. The minimum atomic E-state index is -0.895. The van der Waals surface area contributed by atoms with E-state index in [-0.39, 0.29) is 42.2 Å². The molecule has 9 atom stereocenters. The third kappa shape index (κ3) is 8.91. The van der Waals surface area contributed by atoms with Crippen LogP contribution in [0, 0.1) is 35.0 Å². The summed E-state index contributed by atoms with van der Waals surface area (Å²) < 4.78 is 6.12. The molecule has 0 radical (unpaired) electrons. The zero-order valence-corrected chi connectivity index (χ0v) is 34.6. The minimum Gasteiger partial charge on any atom is -0.496 e. The van der Waals surface area contributed by atoms with E-state index in [0.717, 1.165) is 41.6 Å². The first-order valence-corrected chi connectivity index (χ1v) is 20.4. The SMILES string of the molecule is CNCc1cc(C(=O)C[C@@H](Cc2ccccc2)CN(C)C)cc(-c2cccc(CN3O[C@@H](CO)[C@@H]([C@H](C)O)[C@H]3C(=O)N[C@H]3C[C@H]4C[C@@H]([C@@H]3C)C4(C)C)c2OC)c1. The molecule has 1 heterocycles. The van der Waals surface area contributed by atoms with E-state index in [1.165, 1.54) is 12.0 Å². The van der Waals surface area contributed by atoms with Gasteiger partial charge in [0.05, 0.1) is 26.4 Å². The average molecular weight is 769 g/mol. The lowest BCUT2D eigenvalue weighted by Gasteiger charge is -2.62. The van der Waals surface area contributed by atoms with Gasteiger partial charge in [-0.3, -0.25) is 14.4 Å². The molecule has 4 aliphatic rings. The highest BCUT2D eigenvalue weighted by Crippen LogP contribution is 2.61. The molecule has 7 rings (SSSR count). The van der Waals surface area contributed by atoms with Gasteiger partial charge in [-0.2, -0.15) is 5.06 Å². The van der Waals surface area contributed by atoms with Crippen LogP contribution in [0.25, 0.3) is 11.1 Å². The summed E-state index contributed by atoms with van der Waals surface area (Å²) in [5.74, 6) is 1.48. The second kappa shape index (κ2) is 17.9. The number of benzene rings is 3. The van der Waals surface area contributed by atoms with Crippen LogP contribution < -0.4 is 15.4 Å². The average Bonchev–Trinajstić information content (AvgIpc) is 3.54. The number of aliphatic hydroxyl groups is 2. The molecule has 0 unspecified atom stereocenters. The summed E-state index contributed by atoms with van der Waals surface area (Å²) in [6.45, 7) is 9.81. The first-order chi connectivity index (χ1) is 26.7. The number of fused-ring (bicyclic) bond motifs is 2. The Kier molecular flexibility index (Phi) is 13.4. The maximum atomic E-state index is 14.3. The maximum absolute atomic E-state index is 14.3. The lowest BCUT2D eigenvalue weighted by atomic mass is 9.45. The fraction of sp³-hybridized carbons (Fsp3) is 0.565. The number of amides is 1. The van der Waals surface area contributed by atoms with Crippen molar-refractivity contribution in [2.24, 2.45) is 35.0 Å². The Labute approximate surface area is 333 Å². The Morgan fingerprint density at radius 2 is 1.80 bits per heavy atom.